The van der Waals surface area contributed by atoms with Crippen molar-refractivity contribution in [3.05, 3.63) is 15.6 Å². The van der Waals surface area contributed by atoms with Gasteiger partial charge in [0.05, 0.1) is 11.7 Å². The summed E-state index contributed by atoms with van der Waals surface area (Å²) in [6.07, 6.45) is 3.39. The highest BCUT2D eigenvalue weighted by Gasteiger charge is 2.30. The van der Waals surface area contributed by atoms with E-state index in [0.717, 1.165) is 17.8 Å². The summed E-state index contributed by atoms with van der Waals surface area (Å²) in [7, 11) is 0. The Bertz CT molecular complexity index is 594. The van der Waals surface area contributed by atoms with Crippen LogP contribution in [0.5, 0.6) is 0 Å². The molecule has 7 heteroatoms. The molecule has 2 atom stereocenters. The molecule has 1 saturated heterocycles. The molecule has 3 amide bonds. The Labute approximate surface area is 140 Å². The molecule has 1 unspecified atom stereocenters. The maximum absolute atomic E-state index is 12.5. The number of carbonyl (C=O) groups is 2. The lowest BCUT2D eigenvalue weighted by molar-refractivity contribution is -0.131. The molecular formula is C16H24N4O2S. The molecule has 1 aromatic heterocycles. The number of aromatic nitrogens is 1. The van der Waals surface area contributed by atoms with Gasteiger partial charge in [0.15, 0.2) is 0 Å². The highest BCUT2D eigenvalue weighted by molar-refractivity contribution is 7.11. The molecule has 0 bridgehead atoms. The molecule has 126 valence electrons. The summed E-state index contributed by atoms with van der Waals surface area (Å²) in [5.74, 6) is 0.0718. The van der Waals surface area contributed by atoms with Crippen LogP contribution in [-0.4, -0.2) is 52.4 Å². The van der Waals surface area contributed by atoms with Gasteiger partial charge in [0.2, 0.25) is 5.91 Å². The summed E-state index contributed by atoms with van der Waals surface area (Å²) in [6.45, 7) is 7.33. The van der Waals surface area contributed by atoms with Crippen molar-refractivity contribution in [2.75, 3.05) is 19.6 Å². The summed E-state index contributed by atoms with van der Waals surface area (Å²) in [6, 6.07) is -0.110. The zero-order valence-corrected chi connectivity index (χ0v) is 14.8. The van der Waals surface area contributed by atoms with Gasteiger partial charge in [0.25, 0.3) is 0 Å². The largest absolute Gasteiger partial charge is 0.339 e. The normalized spacial score (nSPS) is 22.0. The second-order valence-corrected chi connectivity index (χ2v) is 7.57. The van der Waals surface area contributed by atoms with Gasteiger partial charge in [-0.1, -0.05) is 0 Å². The van der Waals surface area contributed by atoms with Crippen LogP contribution in [0.2, 0.25) is 0 Å². The minimum absolute atomic E-state index is 0.0288. The van der Waals surface area contributed by atoms with Crippen molar-refractivity contribution in [1.82, 2.24) is 20.1 Å². The molecule has 1 aromatic rings. The quantitative estimate of drug-likeness (QED) is 0.898. The minimum Gasteiger partial charge on any atom is -0.339 e. The standard InChI is InChI=1S/C16H24N4O2S/c1-10-9-19(12(3)21)7-8-20(10)16(22)17-11(2)15-18-13-5-4-6-14(13)23-15/h10-11H,4-9H2,1-3H3,(H,17,22)/t10-,11?/m1/s1. The number of hydrogen-bond acceptors (Lipinski definition) is 4. The highest BCUT2D eigenvalue weighted by atomic mass is 32.1. The van der Waals surface area contributed by atoms with Crippen molar-refractivity contribution in [3.8, 4) is 0 Å². The van der Waals surface area contributed by atoms with Crippen molar-refractivity contribution >= 4 is 23.3 Å². The topological polar surface area (TPSA) is 65.5 Å². The van der Waals surface area contributed by atoms with Crippen LogP contribution in [0.25, 0.3) is 0 Å². The van der Waals surface area contributed by atoms with Gasteiger partial charge in [0.1, 0.15) is 5.01 Å². The van der Waals surface area contributed by atoms with E-state index in [-0.39, 0.29) is 24.0 Å². The molecular weight excluding hydrogens is 312 g/mol. The third-order valence-electron chi connectivity index (χ3n) is 4.66. The van der Waals surface area contributed by atoms with Crippen molar-refractivity contribution in [3.63, 3.8) is 0 Å². The zero-order valence-electron chi connectivity index (χ0n) is 14.0. The predicted molar refractivity (Wildman–Crippen MR) is 89.5 cm³/mol. The molecule has 1 fully saturated rings. The number of carbonyl (C=O) groups excluding carboxylic acids is 2. The third-order valence-corrected chi connectivity index (χ3v) is 6.00. The summed E-state index contributed by atoms with van der Waals surface area (Å²) in [5.41, 5.74) is 1.22. The van der Waals surface area contributed by atoms with Crippen LogP contribution in [0.15, 0.2) is 0 Å². The minimum atomic E-state index is -0.0730. The summed E-state index contributed by atoms with van der Waals surface area (Å²) in [5, 5.41) is 4.06. The van der Waals surface area contributed by atoms with Crippen molar-refractivity contribution in [2.45, 2.75) is 52.1 Å². The van der Waals surface area contributed by atoms with Gasteiger partial charge in [-0.15, -0.1) is 11.3 Å². The first-order valence-corrected chi connectivity index (χ1v) is 9.08. The Morgan fingerprint density at radius 1 is 1.35 bits per heavy atom. The number of hydrogen-bond donors (Lipinski definition) is 1. The van der Waals surface area contributed by atoms with E-state index < -0.39 is 0 Å². The molecule has 23 heavy (non-hydrogen) atoms. The van der Waals surface area contributed by atoms with Crippen LogP contribution in [0.3, 0.4) is 0 Å². The smallest absolute Gasteiger partial charge is 0.318 e. The number of thiazole rings is 1. The lowest BCUT2D eigenvalue weighted by atomic mass is 10.2. The van der Waals surface area contributed by atoms with E-state index >= 15 is 0 Å². The molecule has 3 rings (SSSR count). The van der Waals surface area contributed by atoms with Crippen LogP contribution in [0.1, 0.15) is 48.8 Å². The van der Waals surface area contributed by atoms with E-state index in [1.54, 1.807) is 23.2 Å². The van der Waals surface area contributed by atoms with Crippen molar-refractivity contribution < 1.29 is 9.59 Å². The van der Waals surface area contributed by atoms with Gasteiger partial charge in [-0.05, 0) is 33.1 Å². The lowest BCUT2D eigenvalue weighted by Crippen LogP contribution is -2.57. The third kappa shape index (κ3) is 3.34. The zero-order chi connectivity index (χ0) is 16.6. The molecule has 1 aliphatic carbocycles. The first kappa shape index (κ1) is 16.2. The van der Waals surface area contributed by atoms with E-state index in [9.17, 15) is 9.59 Å². The van der Waals surface area contributed by atoms with Gasteiger partial charge in [-0.2, -0.15) is 0 Å². The molecule has 6 nitrogen and oxygen atoms in total. The fourth-order valence-corrected chi connectivity index (χ4v) is 4.43. The Balaban J connectivity index is 1.59. The molecule has 0 saturated carbocycles. The Hall–Kier alpha value is -1.63. The van der Waals surface area contributed by atoms with Gasteiger partial charge < -0.3 is 15.1 Å². The van der Waals surface area contributed by atoms with Crippen LogP contribution in [0, 0.1) is 0 Å². The Kier molecular flexibility index (Phi) is 4.57. The number of fused-ring (bicyclic) bond motifs is 1. The van der Waals surface area contributed by atoms with Crippen LogP contribution < -0.4 is 5.32 Å². The van der Waals surface area contributed by atoms with Crippen molar-refractivity contribution in [2.24, 2.45) is 0 Å². The molecule has 1 aliphatic heterocycles. The molecule has 2 aliphatic rings. The summed E-state index contributed by atoms with van der Waals surface area (Å²) < 4.78 is 0. The molecule has 0 aromatic carbocycles. The number of piperazine rings is 1. The van der Waals surface area contributed by atoms with E-state index in [1.807, 2.05) is 18.7 Å². The van der Waals surface area contributed by atoms with E-state index in [2.05, 4.69) is 10.3 Å². The number of nitrogens with one attached hydrogen (secondary N) is 1. The lowest BCUT2D eigenvalue weighted by Gasteiger charge is -2.39. The molecule has 0 radical (unpaired) electrons. The van der Waals surface area contributed by atoms with E-state index in [4.69, 9.17) is 0 Å². The van der Waals surface area contributed by atoms with Crippen molar-refractivity contribution in [1.29, 1.82) is 0 Å². The van der Waals surface area contributed by atoms with Gasteiger partial charge in [-0.3, -0.25) is 4.79 Å². The number of aryl methyl sites for hydroxylation is 2. The van der Waals surface area contributed by atoms with E-state index in [1.165, 1.54) is 17.0 Å². The summed E-state index contributed by atoms with van der Waals surface area (Å²) >= 11 is 1.73. The molecule has 1 N–H and O–H groups in total. The fraction of sp³-hybridized carbons (Fsp3) is 0.688. The second kappa shape index (κ2) is 6.47. The highest BCUT2D eigenvalue weighted by Crippen LogP contribution is 2.30. The Morgan fingerprint density at radius 2 is 2.13 bits per heavy atom. The average Bonchev–Trinajstić information content (AvgIpc) is 3.07. The number of nitrogens with zero attached hydrogens (tertiary/aromatic N) is 3. The van der Waals surface area contributed by atoms with E-state index in [0.29, 0.717) is 19.6 Å². The monoisotopic (exact) mass is 336 g/mol. The van der Waals surface area contributed by atoms with Gasteiger partial charge in [-0.25, -0.2) is 9.78 Å². The average molecular weight is 336 g/mol. The fourth-order valence-electron chi connectivity index (χ4n) is 3.27. The maximum atomic E-state index is 12.5. The molecule has 2 heterocycles. The number of rotatable bonds is 2. The molecule has 0 spiro atoms. The Morgan fingerprint density at radius 3 is 2.78 bits per heavy atom. The SMILES string of the molecule is CC(=O)N1CCN(C(=O)NC(C)c2nc3c(s2)CCC3)[C@H](C)C1. The van der Waals surface area contributed by atoms with Crippen LogP contribution in [0.4, 0.5) is 4.79 Å². The maximum Gasteiger partial charge on any atom is 0.318 e. The first-order valence-electron chi connectivity index (χ1n) is 8.27. The first-order chi connectivity index (χ1) is 11.0. The predicted octanol–water partition coefficient (Wildman–Crippen LogP) is 1.96. The van der Waals surface area contributed by atoms with Crippen LogP contribution >= 0.6 is 11.3 Å². The summed E-state index contributed by atoms with van der Waals surface area (Å²) in [4.78, 5) is 33.7. The van der Waals surface area contributed by atoms with Gasteiger partial charge in [0, 0.05) is 37.5 Å². The number of urea groups is 1. The van der Waals surface area contributed by atoms with Crippen LogP contribution in [-0.2, 0) is 17.6 Å². The number of amides is 3. The second-order valence-electron chi connectivity index (χ2n) is 6.45. The van der Waals surface area contributed by atoms with Gasteiger partial charge >= 0.3 is 6.03 Å².